The third-order valence-corrected chi connectivity index (χ3v) is 4.96. The molecule has 3 heterocycles. The highest BCUT2D eigenvalue weighted by Gasteiger charge is 2.21. The van der Waals surface area contributed by atoms with Crippen molar-refractivity contribution in [2.45, 2.75) is 33.2 Å². The molecule has 2 aromatic rings. The standard InChI is InChI=1S/C20H31N5O/c1-3-8-24(9-4-2)20(26)17-23-13-11-22(12-14-23)15-18-16-25-10-6-5-7-19(25)21-18/h5-7,10,16H,3-4,8-9,11-15,17H2,1-2H3. The largest absolute Gasteiger partial charge is 0.342 e. The first-order valence-electron chi connectivity index (χ1n) is 9.84. The minimum Gasteiger partial charge on any atom is -0.342 e. The normalized spacial score (nSPS) is 16.2. The molecule has 0 N–H and O–H groups in total. The summed E-state index contributed by atoms with van der Waals surface area (Å²) in [7, 11) is 0. The van der Waals surface area contributed by atoms with Crippen LogP contribution in [0.15, 0.2) is 30.6 Å². The Bertz CT molecular complexity index is 666. The number of rotatable bonds is 8. The van der Waals surface area contributed by atoms with Crippen molar-refractivity contribution in [1.82, 2.24) is 24.1 Å². The molecule has 0 saturated carbocycles. The Morgan fingerprint density at radius 3 is 2.42 bits per heavy atom. The van der Waals surface area contributed by atoms with Crippen molar-refractivity contribution in [2.24, 2.45) is 0 Å². The Balaban J connectivity index is 1.47. The predicted octanol–water partition coefficient (Wildman–Crippen LogP) is 2.10. The van der Waals surface area contributed by atoms with Crippen LogP contribution in [0.1, 0.15) is 32.4 Å². The molecule has 1 fully saturated rings. The molecule has 0 aliphatic carbocycles. The van der Waals surface area contributed by atoms with Crippen LogP contribution in [0, 0.1) is 0 Å². The molecule has 0 radical (unpaired) electrons. The van der Waals surface area contributed by atoms with Crippen LogP contribution >= 0.6 is 0 Å². The van der Waals surface area contributed by atoms with E-state index in [1.807, 2.05) is 29.3 Å². The van der Waals surface area contributed by atoms with E-state index in [4.69, 9.17) is 0 Å². The van der Waals surface area contributed by atoms with Gasteiger partial charge in [0.25, 0.3) is 0 Å². The summed E-state index contributed by atoms with van der Waals surface area (Å²) in [5, 5.41) is 0. The molecule has 1 aliphatic rings. The van der Waals surface area contributed by atoms with Crippen LogP contribution in [-0.4, -0.2) is 75.8 Å². The van der Waals surface area contributed by atoms with Gasteiger partial charge < -0.3 is 9.30 Å². The number of piperazine rings is 1. The van der Waals surface area contributed by atoms with Crippen molar-refractivity contribution in [2.75, 3.05) is 45.8 Å². The van der Waals surface area contributed by atoms with E-state index < -0.39 is 0 Å². The molecule has 0 unspecified atom stereocenters. The number of hydrogen-bond acceptors (Lipinski definition) is 4. The lowest BCUT2D eigenvalue weighted by atomic mass is 10.2. The van der Waals surface area contributed by atoms with Crippen LogP contribution in [0.2, 0.25) is 0 Å². The van der Waals surface area contributed by atoms with E-state index in [0.717, 1.165) is 70.0 Å². The predicted molar refractivity (Wildman–Crippen MR) is 104 cm³/mol. The number of pyridine rings is 1. The Kier molecular flexibility index (Phi) is 6.63. The molecule has 0 atom stereocenters. The Morgan fingerprint density at radius 2 is 1.77 bits per heavy atom. The lowest BCUT2D eigenvalue weighted by Crippen LogP contribution is -2.50. The summed E-state index contributed by atoms with van der Waals surface area (Å²) >= 11 is 0. The maximum atomic E-state index is 12.5. The molecule has 1 amide bonds. The summed E-state index contributed by atoms with van der Waals surface area (Å²) in [4.78, 5) is 23.9. The van der Waals surface area contributed by atoms with Crippen molar-refractivity contribution in [3.8, 4) is 0 Å². The second-order valence-electron chi connectivity index (χ2n) is 7.13. The number of carbonyl (C=O) groups excluding carboxylic acids is 1. The zero-order valence-corrected chi connectivity index (χ0v) is 16.1. The zero-order chi connectivity index (χ0) is 18.4. The molecule has 6 heteroatoms. The number of aromatic nitrogens is 2. The van der Waals surface area contributed by atoms with Crippen LogP contribution in [0.3, 0.4) is 0 Å². The molecule has 1 aliphatic heterocycles. The number of imidazole rings is 1. The van der Waals surface area contributed by atoms with E-state index in [1.165, 1.54) is 0 Å². The van der Waals surface area contributed by atoms with Gasteiger partial charge in [-0.1, -0.05) is 19.9 Å². The second kappa shape index (κ2) is 9.14. The van der Waals surface area contributed by atoms with Crippen LogP contribution in [0.5, 0.6) is 0 Å². The van der Waals surface area contributed by atoms with Gasteiger partial charge in [0.15, 0.2) is 0 Å². The summed E-state index contributed by atoms with van der Waals surface area (Å²) in [6.45, 7) is 11.3. The second-order valence-corrected chi connectivity index (χ2v) is 7.13. The molecular weight excluding hydrogens is 326 g/mol. The molecule has 2 aromatic heterocycles. The molecule has 1 saturated heterocycles. The quantitative estimate of drug-likeness (QED) is 0.726. The van der Waals surface area contributed by atoms with Crippen molar-refractivity contribution in [3.63, 3.8) is 0 Å². The molecule has 0 aromatic carbocycles. The zero-order valence-electron chi connectivity index (χ0n) is 16.1. The summed E-state index contributed by atoms with van der Waals surface area (Å²) in [5.74, 6) is 0.280. The number of nitrogens with zero attached hydrogens (tertiary/aromatic N) is 5. The Morgan fingerprint density at radius 1 is 1.08 bits per heavy atom. The number of amides is 1. The molecular formula is C20H31N5O. The van der Waals surface area contributed by atoms with Gasteiger partial charge in [0, 0.05) is 58.2 Å². The first kappa shape index (κ1) is 18.9. The van der Waals surface area contributed by atoms with Crippen LogP contribution in [-0.2, 0) is 11.3 Å². The lowest BCUT2D eigenvalue weighted by molar-refractivity contribution is -0.133. The molecule has 0 bridgehead atoms. The first-order valence-corrected chi connectivity index (χ1v) is 9.84. The van der Waals surface area contributed by atoms with Gasteiger partial charge in [-0.05, 0) is 25.0 Å². The van der Waals surface area contributed by atoms with Crippen LogP contribution in [0.4, 0.5) is 0 Å². The number of carbonyl (C=O) groups is 1. The average molecular weight is 358 g/mol. The van der Waals surface area contributed by atoms with Gasteiger partial charge in [-0.2, -0.15) is 0 Å². The molecule has 6 nitrogen and oxygen atoms in total. The van der Waals surface area contributed by atoms with Crippen LogP contribution < -0.4 is 0 Å². The van der Waals surface area contributed by atoms with Gasteiger partial charge in [-0.25, -0.2) is 4.98 Å². The monoisotopic (exact) mass is 357 g/mol. The summed E-state index contributed by atoms with van der Waals surface area (Å²) in [6, 6.07) is 6.07. The molecule has 26 heavy (non-hydrogen) atoms. The third kappa shape index (κ3) is 4.83. The van der Waals surface area contributed by atoms with Crippen molar-refractivity contribution in [3.05, 3.63) is 36.3 Å². The Hall–Kier alpha value is -1.92. The fourth-order valence-electron chi connectivity index (χ4n) is 3.59. The van der Waals surface area contributed by atoms with Gasteiger partial charge >= 0.3 is 0 Å². The van der Waals surface area contributed by atoms with Crippen molar-refractivity contribution < 1.29 is 4.79 Å². The minimum absolute atomic E-state index is 0.280. The van der Waals surface area contributed by atoms with Gasteiger partial charge in [-0.3, -0.25) is 14.6 Å². The molecule has 0 spiro atoms. The van der Waals surface area contributed by atoms with Crippen LogP contribution in [0.25, 0.3) is 5.65 Å². The van der Waals surface area contributed by atoms with Crippen molar-refractivity contribution >= 4 is 11.6 Å². The Labute approximate surface area is 156 Å². The summed E-state index contributed by atoms with van der Waals surface area (Å²) in [6.07, 6.45) is 6.20. The van der Waals surface area contributed by atoms with Gasteiger partial charge in [-0.15, -0.1) is 0 Å². The van der Waals surface area contributed by atoms with Crippen molar-refractivity contribution in [1.29, 1.82) is 0 Å². The molecule has 3 rings (SSSR count). The smallest absolute Gasteiger partial charge is 0.236 e. The van der Waals surface area contributed by atoms with E-state index in [2.05, 4.69) is 39.2 Å². The summed E-state index contributed by atoms with van der Waals surface area (Å²) in [5.41, 5.74) is 2.11. The van der Waals surface area contributed by atoms with Gasteiger partial charge in [0.2, 0.25) is 5.91 Å². The average Bonchev–Trinajstić information content (AvgIpc) is 3.05. The third-order valence-electron chi connectivity index (χ3n) is 4.96. The van der Waals surface area contributed by atoms with E-state index in [9.17, 15) is 4.79 Å². The maximum absolute atomic E-state index is 12.5. The number of hydrogen-bond donors (Lipinski definition) is 0. The molecule has 142 valence electrons. The highest BCUT2D eigenvalue weighted by atomic mass is 16.2. The van der Waals surface area contributed by atoms with E-state index in [1.54, 1.807) is 0 Å². The lowest BCUT2D eigenvalue weighted by Gasteiger charge is -2.35. The van der Waals surface area contributed by atoms with E-state index >= 15 is 0 Å². The highest BCUT2D eigenvalue weighted by molar-refractivity contribution is 5.78. The summed E-state index contributed by atoms with van der Waals surface area (Å²) < 4.78 is 2.07. The SMILES string of the molecule is CCCN(CCC)C(=O)CN1CCN(Cc2cn3ccccc3n2)CC1. The topological polar surface area (TPSA) is 44.1 Å². The maximum Gasteiger partial charge on any atom is 0.236 e. The minimum atomic E-state index is 0.280. The van der Waals surface area contributed by atoms with E-state index in [0.29, 0.717) is 6.54 Å². The highest BCUT2D eigenvalue weighted by Crippen LogP contribution is 2.10. The fourth-order valence-corrected chi connectivity index (χ4v) is 3.59. The van der Waals surface area contributed by atoms with Gasteiger partial charge in [0.05, 0.1) is 12.2 Å². The van der Waals surface area contributed by atoms with Gasteiger partial charge in [0.1, 0.15) is 5.65 Å². The fraction of sp³-hybridized carbons (Fsp3) is 0.600. The number of fused-ring (bicyclic) bond motifs is 1. The van der Waals surface area contributed by atoms with E-state index in [-0.39, 0.29) is 5.91 Å². The first-order chi connectivity index (χ1) is 12.7.